The summed E-state index contributed by atoms with van der Waals surface area (Å²) in [6.07, 6.45) is 6.38. The minimum absolute atomic E-state index is 0.0457. The van der Waals surface area contributed by atoms with Crippen LogP contribution in [0.15, 0.2) is 79.0 Å². The zero-order chi connectivity index (χ0) is 20.5. The van der Waals surface area contributed by atoms with Gasteiger partial charge in [-0.2, -0.15) is 0 Å². The molecule has 0 saturated heterocycles. The molecule has 3 heterocycles. The summed E-state index contributed by atoms with van der Waals surface area (Å²) >= 11 is 0. The van der Waals surface area contributed by atoms with E-state index in [-0.39, 0.29) is 5.91 Å². The average Bonchev–Trinajstić information content (AvgIpc) is 3.09. The lowest BCUT2D eigenvalue weighted by molar-refractivity contribution is -0.126. The van der Waals surface area contributed by atoms with Crippen molar-refractivity contribution in [3.8, 4) is 11.3 Å². The van der Waals surface area contributed by atoms with Gasteiger partial charge in [0, 0.05) is 43.4 Å². The maximum absolute atomic E-state index is 13.0. The molecule has 0 unspecified atom stereocenters. The van der Waals surface area contributed by atoms with Crippen molar-refractivity contribution in [1.29, 1.82) is 0 Å². The van der Waals surface area contributed by atoms with E-state index < -0.39 is 0 Å². The molecule has 0 atom stereocenters. The Morgan fingerprint density at radius 3 is 2.57 bits per heavy atom. The second-order valence-corrected chi connectivity index (χ2v) is 7.67. The minimum Gasteiger partial charge on any atom is -0.334 e. The lowest BCUT2D eigenvalue weighted by Crippen LogP contribution is -2.34. The highest BCUT2D eigenvalue weighted by Crippen LogP contribution is 2.33. The van der Waals surface area contributed by atoms with E-state index >= 15 is 0 Å². The molecule has 5 rings (SSSR count). The van der Waals surface area contributed by atoms with Crippen LogP contribution in [0.25, 0.3) is 28.4 Å². The molecular formula is C26H23N3O. The molecule has 0 saturated carbocycles. The molecule has 4 aromatic rings. The van der Waals surface area contributed by atoms with Gasteiger partial charge < -0.3 is 9.47 Å². The first-order valence-electron chi connectivity index (χ1n) is 10.2. The quantitative estimate of drug-likeness (QED) is 0.467. The number of carbonyl (C=O) groups excluding carboxylic acids is 1. The van der Waals surface area contributed by atoms with Crippen molar-refractivity contribution in [1.82, 2.24) is 14.5 Å². The predicted octanol–water partition coefficient (Wildman–Crippen LogP) is 4.84. The fourth-order valence-electron chi connectivity index (χ4n) is 4.35. The topological polar surface area (TPSA) is 38.1 Å². The van der Waals surface area contributed by atoms with Gasteiger partial charge in [-0.15, -0.1) is 0 Å². The van der Waals surface area contributed by atoms with E-state index in [0.29, 0.717) is 6.54 Å². The van der Waals surface area contributed by atoms with Crippen LogP contribution < -0.4 is 0 Å². The zero-order valence-electron chi connectivity index (χ0n) is 17.0. The van der Waals surface area contributed by atoms with Crippen LogP contribution in [0.5, 0.6) is 0 Å². The molecule has 0 bridgehead atoms. The third kappa shape index (κ3) is 3.20. The Hall–Kier alpha value is -3.66. The van der Waals surface area contributed by atoms with Crippen LogP contribution >= 0.6 is 0 Å². The van der Waals surface area contributed by atoms with E-state index in [1.807, 2.05) is 48.4 Å². The molecule has 0 N–H and O–H groups in total. The molecule has 30 heavy (non-hydrogen) atoms. The molecule has 1 amide bonds. The summed E-state index contributed by atoms with van der Waals surface area (Å²) in [6, 6.07) is 22.6. The molecule has 1 aliphatic heterocycles. The Labute approximate surface area is 176 Å². The maximum atomic E-state index is 13.0. The van der Waals surface area contributed by atoms with Gasteiger partial charge in [0.2, 0.25) is 5.91 Å². The second-order valence-electron chi connectivity index (χ2n) is 7.67. The normalized spacial score (nSPS) is 13.7. The highest BCUT2D eigenvalue weighted by atomic mass is 16.2. The summed E-state index contributed by atoms with van der Waals surface area (Å²) in [6.45, 7) is 1.42. The van der Waals surface area contributed by atoms with Crippen molar-refractivity contribution < 1.29 is 4.79 Å². The number of amides is 1. The number of fused-ring (bicyclic) bond motifs is 2. The van der Waals surface area contributed by atoms with Crippen LogP contribution in [-0.4, -0.2) is 26.9 Å². The van der Waals surface area contributed by atoms with Gasteiger partial charge in [-0.25, -0.2) is 4.98 Å². The summed E-state index contributed by atoms with van der Waals surface area (Å²) in [7, 11) is 2.03. The lowest BCUT2D eigenvalue weighted by atomic mass is 10.00. The molecule has 4 heteroatoms. The maximum Gasteiger partial charge on any atom is 0.246 e. The fourth-order valence-corrected chi connectivity index (χ4v) is 4.35. The first kappa shape index (κ1) is 18.4. The first-order valence-corrected chi connectivity index (χ1v) is 10.2. The summed E-state index contributed by atoms with van der Waals surface area (Å²) in [5.41, 5.74) is 6.70. The van der Waals surface area contributed by atoms with Crippen molar-refractivity contribution in [3.05, 3.63) is 95.7 Å². The van der Waals surface area contributed by atoms with E-state index in [2.05, 4.69) is 45.9 Å². The SMILES string of the molecule is Cn1c(-c2ccccc2)c(C=CC(=O)N2CCc3ccccc3C2)c2cccnc21. The molecule has 1 aliphatic rings. The van der Waals surface area contributed by atoms with E-state index in [1.165, 1.54) is 11.1 Å². The second kappa shape index (κ2) is 7.64. The summed E-state index contributed by atoms with van der Waals surface area (Å²) in [5.74, 6) is 0.0457. The number of aromatic nitrogens is 2. The van der Waals surface area contributed by atoms with Crippen molar-refractivity contribution in [2.75, 3.05) is 6.54 Å². The number of carbonyl (C=O) groups is 1. The number of benzene rings is 2. The van der Waals surface area contributed by atoms with Crippen LogP contribution in [0, 0.1) is 0 Å². The van der Waals surface area contributed by atoms with E-state index in [1.54, 1.807) is 12.3 Å². The summed E-state index contributed by atoms with van der Waals surface area (Å²) in [5, 5.41) is 1.05. The molecule has 2 aromatic carbocycles. The molecule has 0 radical (unpaired) electrons. The van der Waals surface area contributed by atoms with Gasteiger partial charge in [-0.1, -0.05) is 54.6 Å². The number of aryl methyl sites for hydroxylation is 1. The molecule has 148 valence electrons. The van der Waals surface area contributed by atoms with Gasteiger partial charge in [0.1, 0.15) is 5.65 Å². The van der Waals surface area contributed by atoms with Crippen LogP contribution in [0.4, 0.5) is 0 Å². The highest BCUT2D eigenvalue weighted by molar-refractivity contribution is 6.00. The molecule has 0 spiro atoms. The van der Waals surface area contributed by atoms with Crippen LogP contribution in [0.1, 0.15) is 16.7 Å². The predicted molar refractivity (Wildman–Crippen MR) is 121 cm³/mol. The van der Waals surface area contributed by atoms with Gasteiger partial charge in [0.15, 0.2) is 0 Å². The molecule has 0 aliphatic carbocycles. The third-order valence-corrected chi connectivity index (χ3v) is 5.87. The van der Waals surface area contributed by atoms with Gasteiger partial charge >= 0.3 is 0 Å². The van der Waals surface area contributed by atoms with Crippen molar-refractivity contribution in [3.63, 3.8) is 0 Å². The average molecular weight is 393 g/mol. The van der Waals surface area contributed by atoms with E-state index in [4.69, 9.17) is 0 Å². The Kier molecular flexibility index (Phi) is 4.68. The highest BCUT2D eigenvalue weighted by Gasteiger charge is 2.20. The number of hydrogen-bond acceptors (Lipinski definition) is 2. The monoisotopic (exact) mass is 393 g/mol. The molecule has 4 nitrogen and oxygen atoms in total. The smallest absolute Gasteiger partial charge is 0.246 e. The number of hydrogen-bond donors (Lipinski definition) is 0. The van der Waals surface area contributed by atoms with Gasteiger partial charge in [0.25, 0.3) is 0 Å². The Morgan fingerprint density at radius 1 is 0.967 bits per heavy atom. The van der Waals surface area contributed by atoms with Crippen LogP contribution in [0.2, 0.25) is 0 Å². The van der Waals surface area contributed by atoms with E-state index in [9.17, 15) is 4.79 Å². The minimum atomic E-state index is 0.0457. The van der Waals surface area contributed by atoms with Crippen LogP contribution in [-0.2, 0) is 24.8 Å². The molecular weight excluding hydrogens is 370 g/mol. The zero-order valence-corrected chi connectivity index (χ0v) is 17.0. The number of pyridine rings is 1. The fraction of sp³-hybridized carbons (Fsp3) is 0.154. The molecule has 0 fully saturated rings. The Balaban J connectivity index is 1.51. The van der Waals surface area contributed by atoms with Crippen molar-refractivity contribution in [2.24, 2.45) is 7.05 Å². The van der Waals surface area contributed by atoms with E-state index in [0.717, 1.165) is 40.8 Å². The summed E-state index contributed by atoms with van der Waals surface area (Å²) < 4.78 is 2.10. The summed E-state index contributed by atoms with van der Waals surface area (Å²) in [4.78, 5) is 19.5. The standard InChI is InChI=1S/C26H23N3O/c1-28-25(20-9-3-2-4-10-20)22(23-12-7-16-27-26(23)28)13-14-24(30)29-17-15-19-8-5-6-11-21(19)18-29/h2-14,16H,15,17-18H2,1H3. The molecule has 2 aromatic heterocycles. The van der Waals surface area contributed by atoms with Crippen LogP contribution in [0.3, 0.4) is 0 Å². The van der Waals surface area contributed by atoms with Gasteiger partial charge in [-0.05, 0) is 41.3 Å². The number of nitrogens with zero attached hydrogens (tertiary/aromatic N) is 3. The lowest BCUT2D eigenvalue weighted by Gasteiger charge is -2.27. The van der Waals surface area contributed by atoms with Gasteiger partial charge in [-0.3, -0.25) is 4.79 Å². The van der Waals surface area contributed by atoms with Gasteiger partial charge in [0.05, 0.1) is 5.69 Å². The van der Waals surface area contributed by atoms with Crippen molar-refractivity contribution in [2.45, 2.75) is 13.0 Å². The third-order valence-electron chi connectivity index (χ3n) is 5.87. The Morgan fingerprint density at radius 2 is 1.73 bits per heavy atom. The Bertz CT molecular complexity index is 1250. The first-order chi connectivity index (χ1) is 14.7. The number of rotatable bonds is 3. The largest absolute Gasteiger partial charge is 0.334 e. The van der Waals surface area contributed by atoms with Crippen molar-refractivity contribution >= 4 is 23.0 Å².